The van der Waals surface area contributed by atoms with E-state index < -0.39 is 0 Å². The lowest BCUT2D eigenvalue weighted by atomic mass is 10.1. The number of morpholine rings is 1. The third-order valence-electron chi connectivity index (χ3n) is 4.16. The molecule has 0 spiro atoms. The first-order valence-electron chi connectivity index (χ1n) is 7.71. The molecule has 3 heterocycles. The number of carbonyl (C=O) groups excluding carboxylic acids is 1. The number of aromatic nitrogens is 2. The van der Waals surface area contributed by atoms with Crippen LogP contribution in [0.1, 0.15) is 31.1 Å². The van der Waals surface area contributed by atoms with Gasteiger partial charge in [0.05, 0.1) is 30.1 Å². The highest BCUT2D eigenvalue weighted by molar-refractivity contribution is 5.78. The van der Waals surface area contributed by atoms with Gasteiger partial charge < -0.3 is 14.6 Å². The lowest BCUT2D eigenvalue weighted by molar-refractivity contribution is -0.144. The van der Waals surface area contributed by atoms with E-state index in [1.54, 1.807) is 0 Å². The SMILES string of the molecule is Cc1nc2c([nH]1)CN(CC(=O)N1C[C@@H](C)O[C@@H](C)C1)CC2. The molecular formula is C15H24N4O2. The minimum Gasteiger partial charge on any atom is -0.372 e. The maximum Gasteiger partial charge on any atom is 0.236 e. The van der Waals surface area contributed by atoms with Crippen molar-refractivity contribution in [2.24, 2.45) is 0 Å². The van der Waals surface area contributed by atoms with Gasteiger partial charge >= 0.3 is 0 Å². The number of ether oxygens (including phenoxy) is 1. The number of imidazole rings is 1. The smallest absolute Gasteiger partial charge is 0.236 e. The quantitative estimate of drug-likeness (QED) is 0.872. The van der Waals surface area contributed by atoms with E-state index in [4.69, 9.17) is 4.74 Å². The summed E-state index contributed by atoms with van der Waals surface area (Å²) in [7, 11) is 0. The molecule has 0 bridgehead atoms. The number of hydrogen-bond acceptors (Lipinski definition) is 4. The van der Waals surface area contributed by atoms with Gasteiger partial charge in [0.2, 0.25) is 5.91 Å². The van der Waals surface area contributed by atoms with Crippen LogP contribution in [-0.2, 0) is 22.5 Å². The van der Waals surface area contributed by atoms with Crippen molar-refractivity contribution in [1.29, 1.82) is 0 Å². The first-order chi connectivity index (χ1) is 10.0. The average molecular weight is 292 g/mol. The summed E-state index contributed by atoms with van der Waals surface area (Å²) in [5, 5.41) is 0. The molecule has 21 heavy (non-hydrogen) atoms. The summed E-state index contributed by atoms with van der Waals surface area (Å²) in [5.74, 6) is 1.17. The standard InChI is InChI=1S/C15H24N4O2/c1-10-6-19(7-11(2)21-10)15(20)9-18-5-4-13-14(8-18)17-12(3)16-13/h10-11H,4-9H2,1-3H3,(H,16,17)/t10-,11+. The van der Waals surface area contributed by atoms with Crippen LogP contribution in [-0.4, -0.2) is 64.1 Å². The van der Waals surface area contributed by atoms with Crippen molar-refractivity contribution in [3.63, 3.8) is 0 Å². The highest BCUT2D eigenvalue weighted by Gasteiger charge is 2.28. The zero-order valence-corrected chi connectivity index (χ0v) is 13.1. The van der Waals surface area contributed by atoms with E-state index in [0.29, 0.717) is 19.6 Å². The molecule has 6 heteroatoms. The van der Waals surface area contributed by atoms with Gasteiger partial charge in [-0.15, -0.1) is 0 Å². The summed E-state index contributed by atoms with van der Waals surface area (Å²) >= 11 is 0. The number of rotatable bonds is 2. The number of nitrogens with one attached hydrogen (secondary N) is 1. The largest absolute Gasteiger partial charge is 0.372 e. The summed E-state index contributed by atoms with van der Waals surface area (Å²) in [4.78, 5) is 24.4. The molecule has 116 valence electrons. The molecule has 3 rings (SSSR count). The van der Waals surface area contributed by atoms with E-state index in [1.807, 2.05) is 25.7 Å². The third kappa shape index (κ3) is 3.27. The van der Waals surface area contributed by atoms with Crippen LogP contribution in [0.5, 0.6) is 0 Å². The van der Waals surface area contributed by atoms with Crippen LogP contribution in [0.4, 0.5) is 0 Å². The van der Waals surface area contributed by atoms with Crippen LogP contribution >= 0.6 is 0 Å². The summed E-state index contributed by atoms with van der Waals surface area (Å²) in [6.45, 7) is 9.60. The first-order valence-corrected chi connectivity index (χ1v) is 7.71. The maximum atomic E-state index is 12.5. The minimum absolute atomic E-state index is 0.126. The van der Waals surface area contributed by atoms with Crippen LogP contribution in [0.2, 0.25) is 0 Å². The molecule has 2 atom stereocenters. The van der Waals surface area contributed by atoms with Crippen LogP contribution in [0, 0.1) is 6.92 Å². The van der Waals surface area contributed by atoms with Gasteiger partial charge in [0.15, 0.2) is 0 Å². The van der Waals surface area contributed by atoms with Gasteiger partial charge in [-0.25, -0.2) is 4.98 Å². The molecule has 1 N–H and O–H groups in total. The average Bonchev–Trinajstić information content (AvgIpc) is 2.77. The number of aryl methyl sites for hydroxylation is 1. The molecular weight excluding hydrogens is 268 g/mol. The Morgan fingerprint density at radius 3 is 2.81 bits per heavy atom. The molecule has 0 aliphatic carbocycles. The van der Waals surface area contributed by atoms with E-state index in [2.05, 4.69) is 14.9 Å². The van der Waals surface area contributed by atoms with Crippen molar-refractivity contribution >= 4 is 5.91 Å². The van der Waals surface area contributed by atoms with Gasteiger partial charge in [-0.1, -0.05) is 0 Å². The first kappa shape index (κ1) is 14.5. The van der Waals surface area contributed by atoms with Gasteiger partial charge in [-0.3, -0.25) is 9.69 Å². The molecule has 1 aromatic rings. The van der Waals surface area contributed by atoms with Crippen molar-refractivity contribution in [1.82, 2.24) is 19.8 Å². The Hall–Kier alpha value is -1.40. The van der Waals surface area contributed by atoms with E-state index in [0.717, 1.165) is 36.7 Å². The molecule has 2 aliphatic rings. The maximum absolute atomic E-state index is 12.5. The number of fused-ring (bicyclic) bond motifs is 1. The predicted molar refractivity (Wildman–Crippen MR) is 78.9 cm³/mol. The number of aromatic amines is 1. The van der Waals surface area contributed by atoms with Crippen LogP contribution < -0.4 is 0 Å². The molecule has 2 aliphatic heterocycles. The predicted octanol–water partition coefficient (Wildman–Crippen LogP) is 0.712. The molecule has 6 nitrogen and oxygen atoms in total. The van der Waals surface area contributed by atoms with Crippen molar-refractivity contribution < 1.29 is 9.53 Å². The summed E-state index contributed by atoms with van der Waals surface area (Å²) in [6, 6.07) is 0. The Labute approximate surface area is 125 Å². The molecule has 1 fully saturated rings. The van der Waals surface area contributed by atoms with Gasteiger partial charge in [-0.2, -0.15) is 0 Å². The zero-order valence-electron chi connectivity index (χ0n) is 13.1. The van der Waals surface area contributed by atoms with E-state index in [1.165, 1.54) is 0 Å². The zero-order chi connectivity index (χ0) is 15.0. The van der Waals surface area contributed by atoms with Gasteiger partial charge in [-0.05, 0) is 20.8 Å². The summed E-state index contributed by atoms with van der Waals surface area (Å²) in [6.07, 6.45) is 1.17. The fourth-order valence-electron chi connectivity index (χ4n) is 3.30. The molecule has 1 saturated heterocycles. The Kier molecular flexibility index (Phi) is 3.99. The molecule has 1 amide bonds. The normalized spacial score (nSPS) is 26.7. The van der Waals surface area contributed by atoms with E-state index in [9.17, 15) is 4.79 Å². The monoisotopic (exact) mass is 292 g/mol. The second-order valence-corrected chi connectivity index (χ2v) is 6.26. The highest BCUT2D eigenvalue weighted by Crippen LogP contribution is 2.17. The molecule has 0 aromatic carbocycles. The van der Waals surface area contributed by atoms with Crippen LogP contribution in [0.25, 0.3) is 0 Å². The van der Waals surface area contributed by atoms with Crippen molar-refractivity contribution in [3.8, 4) is 0 Å². The van der Waals surface area contributed by atoms with Crippen LogP contribution in [0.15, 0.2) is 0 Å². The molecule has 0 saturated carbocycles. The van der Waals surface area contributed by atoms with E-state index in [-0.39, 0.29) is 18.1 Å². The lowest BCUT2D eigenvalue weighted by Crippen LogP contribution is -2.51. The lowest BCUT2D eigenvalue weighted by Gasteiger charge is -2.36. The topological polar surface area (TPSA) is 61.5 Å². The Morgan fingerprint density at radius 2 is 2.10 bits per heavy atom. The number of nitrogens with zero attached hydrogens (tertiary/aromatic N) is 3. The van der Waals surface area contributed by atoms with Gasteiger partial charge in [0, 0.05) is 32.6 Å². The second-order valence-electron chi connectivity index (χ2n) is 6.26. The van der Waals surface area contributed by atoms with Crippen molar-refractivity contribution in [2.75, 3.05) is 26.2 Å². The van der Waals surface area contributed by atoms with E-state index >= 15 is 0 Å². The van der Waals surface area contributed by atoms with Crippen molar-refractivity contribution in [2.45, 2.75) is 45.9 Å². The molecule has 1 aromatic heterocycles. The Bertz CT molecular complexity index is 518. The van der Waals surface area contributed by atoms with Gasteiger partial charge in [0.1, 0.15) is 5.82 Å². The highest BCUT2D eigenvalue weighted by atomic mass is 16.5. The fraction of sp³-hybridized carbons (Fsp3) is 0.733. The Morgan fingerprint density at radius 1 is 1.38 bits per heavy atom. The van der Waals surface area contributed by atoms with Crippen molar-refractivity contribution in [3.05, 3.63) is 17.2 Å². The number of amides is 1. The number of H-pyrrole nitrogens is 1. The Balaban J connectivity index is 1.58. The third-order valence-corrected chi connectivity index (χ3v) is 4.16. The number of hydrogen-bond donors (Lipinski definition) is 1. The molecule has 0 unspecified atom stereocenters. The second kappa shape index (κ2) is 5.77. The summed E-state index contributed by atoms with van der Waals surface area (Å²) in [5.41, 5.74) is 2.32. The number of carbonyl (C=O) groups is 1. The molecule has 0 radical (unpaired) electrons. The minimum atomic E-state index is 0.126. The fourth-order valence-corrected chi connectivity index (χ4v) is 3.30. The van der Waals surface area contributed by atoms with Gasteiger partial charge in [0.25, 0.3) is 0 Å². The summed E-state index contributed by atoms with van der Waals surface area (Å²) < 4.78 is 5.68. The van der Waals surface area contributed by atoms with Crippen LogP contribution in [0.3, 0.4) is 0 Å².